The Bertz CT molecular complexity index is 652. The summed E-state index contributed by atoms with van der Waals surface area (Å²) in [5.74, 6) is 0.567. The smallest absolute Gasteiger partial charge is 0.407 e. The monoisotopic (exact) mass is 244 g/mol. The Morgan fingerprint density at radius 1 is 1.56 bits per heavy atom. The minimum absolute atomic E-state index is 0.167. The first-order valence-corrected chi connectivity index (χ1v) is 5.39. The Labute approximate surface area is 104 Å². The van der Waals surface area contributed by atoms with Crippen LogP contribution in [0.4, 0.5) is 4.79 Å². The van der Waals surface area contributed by atoms with Crippen LogP contribution in [0.15, 0.2) is 22.6 Å². The van der Waals surface area contributed by atoms with Gasteiger partial charge >= 0.3 is 6.09 Å². The fourth-order valence-corrected chi connectivity index (χ4v) is 1.88. The second kappa shape index (κ2) is 4.41. The third-order valence-electron chi connectivity index (χ3n) is 2.88. The number of benzene rings is 1. The normalized spacial score (nSPS) is 10.3. The average molecular weight is 244 g/mol. The molecule has 0 aliphatic carbocycles. The zero-order valence-electron chi connectivity index (χ0n) is 10.1. The summed E-state index contributed by atoms with van der Waals surface area (Å²) in [6.45, 7) is 2.00. The van der Waals surface area contributed by atoms with E-state index in [9.17, 15) is 4.79 Å². The fourth-order valence-electron chi connectivity index (χ4n) is 1.88. The van der Waals surface area contributed by atoms with Gasteiger partial charge in [-0.3, -0.25) is 0 Å². The van der Waals surface area contributed by atoms with Gasteiger partial charge in [0.15, 0.2) is 0 Å². The summed E-state index contributed by atoms with van der Waals surface area (Å²) in [5.41, 5.74) is 1.97. The van der Waals surface area contributed by atoms with Crippen LogP contribution in [0, 0.1) is 18.3 Å². The quantitative estimate of drug-likeness (QED) is 0.881. The first kappa shape index (κ1) is 12.0. The van der Waals surface area contributed by atoms with Gasteiger partial charge in [0, 0.05) is 18.0 Å². The zero-order valence-corrected chi connectivity index (χ0v) is 10.1. The highest BCUT2D eigenvalue weighted by Crippen LogP contribution is 2.28. The van der Waals surface area contributed by atoms with Crippen LogP contribution in [0.1, 0.15) is 16.9 Å². The third-order valence-corrected chi connectivity index (χ3v) is 2.88. The lowest BCUT2D eigenvalue weighted by atomic mass is 10.1. The van der Waals surface area contributed by atoms with Crippen molar-refractivity contribution in [3.8, 4) is 6.07 Å². The minimum atomic E-state index is -1.02. The van der Waals surface area contributed by atoms with E-state index in [0.29, 0.717) is 16.9 Å². The van der Waals surface area contributed by atoms with Crippen LogP contribution in [0.5, 0.6) is 0 Å². The van der Waals surface area contributed by atoms with Gasteiger partial charge in [0.05, 0.1) is 18.2 Å². The van der Waals surface area contributed by atoms with Crippen molar-refractivity contribution in [3.05, 3.63) is 35.1 Å². The highest BCUT2D eigenvalue weighted by atomic mass is 16.4. The molecule has 92 valence electrons. The first-order valence-electron chi connectivity index (χ1n) is 5.39. The van der Waals surface area contributed by atoms with Crippen molar-refractivity contribution in [2.45, 2.75) is 13.5 Å². The van der Waals surface area contributed by atoms with Crippen LogP contribution in [-0.4, -0.2) is 23.1 Å². The van der Waals surface area contributed by atoms with Gasteiger partial charge in [0.1, 0.15) is 11.3 Å². The highest BCUT2D eigenvalue weighted by Gasteiger charge is 2.16. The SMILES string of the molecule is Cc1c(CN(C)C(=O)O)oc2cccc(C#N)c12. The van der Waals surface area contributed by atoms with E-state index in [0.717, 1.165) is 15.8 Å². The van der Waals surface area contributed by atoms with Crippen LogP contribution in [0.3, 0.4) is 0 Å². The number of hydrogen-bond donors (Lipinski definition) is 1. The molecule has 2 rings (SSSR count). The van der Waals surface area contributed by atoms with Crippen molar-refractivity contribution in [2.75, 3.05) is 7.05 Å². The Hall–Kier alpha value is -2.48. The van der Waals surface area contributed by atoms with Gasteiger partial charge in [0.25, 0.3) is 0 Å². The average Bonchev–Trinajstić information content (AvgIpc) is 2.66. The number of rotatable bonds is 2. The van der Waals surface area contributed by atoms with Crippen LogP contribution >= 0.6 is 0 Å². The Balaban J connectivity index is 2.52. The first-order chi connectivity index (χ1) is 8.54. The minimum Gasteiger partial charge on any atom is -0.465 e. The lowest BCUT2D eigenvalue weighted by molar-refractivity contribution is 0.150. The summed E-state index contributed by atoms with van der Waals surface area (Å²) < 4.78 is 5.61. The number of carbonyl (C=O) groups is 1. The van der Waals surface area contributed by atoms with Gasteiger partial charge in [-0.05, 0) is 19.1 Å². The molecule has 0 aliphatic heterocycles. The van der Waals surface area contributed by atoms with E-state index in [1.165, 1.54) is 7.05 Å². The molecule has 2 aromatic rings. The molecule has 1 N–H and O–H groups in total. The molecule has 0 radical (unpaired) electrons. The topological polar surface area (TPSA) is 77.5 Å². The second-order valence-corrected chi connectivity index (χ2v) is 4.08. The van der Waals surface area contributed by atoms with E-state index in [4.69, 9.17) is 14.8 Å². The van der Waals surface area contributed by atoms with E-state index in [2.05, 4.69) is 6.07 Å². The number of amides is 1. The van der Waals surface area contributed by atoms with Crippen LogP contribution in [0.25, 0.3) is 11.0 Å². The number of carboxylic acid groups (broad SMARTS) is 1. The second-order valence-electron chi connectivity index (χ2n) is 4.08. The molecule has 5 nitrogen and oxygen atoms in total. The summed E-state index contributed by atoms with van der Waals surface area (Å²) in [4.78, 5) is 11.9. The summed E-state index contributed by atoms with van der Waals surface area (Å²) in [6.07, 6.45) is -1.02. The van der Waals surface area contributed by atoms with Crippen molar-refractivity contribution in [2.24, 2.45) is 0 Å². The molecular formula is C13H12N2O3. The molecule has 1 heterocycles. The number of hydrogen-bond acceptors (Lipinski definition) is 3. The highest BCUT2D eigenvalue weighted by molar-refractivity contribution is 5.87. The van der Waals surface area contributed by atoms with E-state index < -0.39 is 6.09 Å². The van der Waals surface area contributed by atoms with Gasteiger partial charge in [-0.15, -0.1) is 0 Å². The van der Waals surface area contributed by atoms with Crippen molar-refractivity contribution < 1.29 is 14.3 Å². The Kier molecular flexibility index (Phi) is 2.94. The number of furan rings is 1. The van der Waals surface area contributed by atoms with E-state index in [-0.39, 0.29) is 6.54 Å². The van der Waals surface area contributed by atoms with E-state index >= 15 is 0 Å². The molecule has 0 spiro atoms. The number of aryl methyl sites for hydroxylation is 1. The lowest BCUT2D eigenvalue weighted by Gasteiger charge is -2.10. The number of fused-ring (bicyclic) bond motifs is 1. The maximum absolute atomic E-state index is 10.8. The van der Waals surface area contributed by atoms with Crippen LogP contribution in [0.2, 0.25) is 0 Å². The summed E-state index contributed by atoms with van der Waals surface area (Å²) in [5, 5.41) is 18.6. The predicted molar refractivity (Wildman–Crippen MR) is 65.2 cm³/mol. The van der Waals surface area contributed by atoms with Crippen LogP contribution < -0.4 is 0 Å². The molecule has 0 unspecified atom stereocenters. The molecule has 0 aliphatic rings. The molecule has 0 saturated carbocycles. The molecule has 0 saturated heterocycles. The van der Waals surface area contributed by atoms with Gasteiger partial charge in [-0.1, -0.05) is 6.07 Å². The number of nitriles is 1. The maximum Gasteiger partial charge on any atom is 0.407 e. The standard InChI is InChI=1S/C13H12N2O3/c1-8-11(7-15(2)13(16)17)18-10-5-3-4-9(6-14)12(8)10/h3-5H,7H2,1-2H3,(H,16,17). The molecular weight excluding hydrogens is 232 g/mol. The molecule has 0 fully saturated rings. The number of nitrogens with zero attached hydrogens (tertiary/aromatic N) is 2. The Morgan fingerprint density at radius 2 is 2.28 bits per heavy atom. The fraction of sp³-hybridized carbons (Fsp3) is 0.231. The van der Waals surface area contributed by atoms with Gasteiger partial charge in [-0.25, -0.2) is 4.79 Å². The van der Waals surface area contributed by atoms with E-state index in [1.54, 1.807) is 18.2 Å². The van der Waals surface area contributed by atoms with Crippen molar-refractivity contribution >= 4 is 17.1 Å². The van der Waals surface area contributed by atoms with Gasteiger partial charge < -0.3 is 14.4 Å². The molecule has 5 heteroatoms. The molecule has 1 aromatic heterocycles. The summed E-state index contributed by atoms with van der Waals surface area (Å²) >= 11 is 0. The summed E-state index contributed by atoms with van der Waals surface area (Å²) in [7, 11) is 1.47. The van der Waals surface area contributed by atoms with Crippen molar-refractivity contribution in [1.82, 2.24) is 4.90 Å². The molecule has 1 aromatic carbocycles. The van der Waals surface area contributed by atoms with Gasteiger partial charge in [0.2, 0.25) is 0 Å². The maximum atomic E-state index is 10.8. The summed E-state index contributed by atoms with van der Waals surface area (Å²) in [6, 6.07) is 7.34. The lowest BCUT2D eigenvalue weighted by Crippen LogP contribution is -2.23. The van der Waals surface area contributed by atoms with Crippen molar-refractivity contribution in [1.29, 1.82) is 5.26 Å². The third kappa shape index (κ3) is 1.89. The molecule has 0 atom stereocenters. The predicted octanol–water partition coefficient (Wildman–Crippen LogP) is 2.72. The Morgan fingerprint density at radius 3 is 2.89 bits per heavy atom. The van der Waals surface area contributed by atoms with Gasteiger partial charge in [-0.2, -0.15) is 5.26 Å². The molecule has 0 bridgehead atoms. The van der Waals surface area contributed by atoms with Crippen molar-refractivity contribution in [3.63, 3.8) is 0 Å². The largest absolute Gasteiger partial charge is 0.465 e. The van der Waals surface area contributed by atoms with Crippen LogP contribution in [-0.2, 0) is 6.54 Å². The molecule has 18 heavy (non-hydrogen) atoms. The van der Waals surface area contributed by atoms with E-state index in [1.807, 2.05) is 6.92 Å². The zero-order chi connectivity index (χ0) is 13.3. The molecule has 1 amide bonds.